The topological polar surface area (TPSA) is 19.4 Å². The molecular weight excluding hydrogens is 322 g/mol. The highest BCUT2D eigenvalue weighted by molar-refractivity contribution is 5.48. The van der Waals surface area contributed by atoms with Gasteiger partial charge in [-0.3, -0.25) is 9.88 Å². The second-order valence-corrected chi connectivity index (χ2v) is 5.72. The van der Waals surface area contributed by atoms with E-state index in [9.17, 15) is 17.6 Å². The standard InChI is InChI=1S/C17H17F4N3/c18-14-5-1-2-6-15(14)24-10-8-23(9-11-24)12-13-4-3-7-22-16(13)17(19,20)21/h1-7H,8-12H2. The Hall–Kier alpha value is -2.15. The fraction of sp³-hybridized carbons (Fsp3) is 0.353. The van der Waals surface area contributed by atoms with Crippen molar-refractivity contribution in [3.05, 3.63) is 59.7 Å². The highest BCUT2D eigenvalue weighted by atomic mass is 19.4. The number of benzene rings is 1. The Morgan fingerprint density at radius 2 is 1.67 bits per heavy atom. The molecule has 1 aliphatic heterocycles. The Labute approximate surface area is 137 Å². The number of hydrogen-bond acceptors (Lipinski definition) is 3. The molecule has 0 unspecified atom stereocenters. The van der Waals surface area contributed by atoms with Crippen LogP contribution in [0.1, 0.15) is 11.3 Å². The lowest BCUT2D eigenvalue weighted by molar-refractivity contribution is -0.142. The Balaban J connectivity index is 1.66. The zero-order valence-corrected chi connectivity index (χ0v) is 12.9. The maximum Gasteiger partial charge on any atom is 0.433 e. The number of nitrogens with zero attached hydrogens (tertiary/aromatic N) is 3. The zero-order valence-electron chi connectivity index (χ0n) is 12.9. The summed E-state index contributed by atoms with van der Waals surface area (Å²) in [6, 6.07) is 9.51. The van der Waals surface area contributed by atoms with Crippen molar-refractivity contribution in [1.29, 1.82) is 0 Å². The minimum absolute atomic E-state index is 0.171. The van der Waals surface area contributed by atoms with Gasteiger partial charge < -0.3 is 4.90 Å². The van der Waals surface area contributed by atoms with E-state index in [-0.39, 0.29) is 17.9 Å². The number of aromatic nitrogens is 1. The highest BCUT2D eigenvalue weighted by Crippen LogP contribution is 2.31. The second kappa shape index (κ2) is 6.76. The number of anilines is 1. The molecule has 0 bridgehead atoms. The van der Waals surface area contributed by atoms with Gasteiger partial charge in [-0.1, -0.05) is 18.2 Å². The third-order valence-electron chi connectivity index (χ3n) is 4.12. The van der Waals surface area contributed by atoms with Crippen molar-refractivity contribution in [2.75, 3.05) is 31.1 Å². The average molecular weight is 339 g/mol. The number of piperazine rings is 1. The molecule has 2 aromatic rings. The molecule has 7 heteroatoms. The van der Waals surface area contributed by atoms with Crippen molar-refractivity contribution in [2.45, 2.75) is 12.7 Å². The van der Waals surface area contributed by atoms with Gasteiger partial charge in [0, 0.05) is 38.9 Å². The zero-order chi connectivity index (χ0) is 17.2. The maximum atomic E-state index is 13.8. The van der Waals surface area contributed by atoms with Crippen LogP contribution in [0, 0.1) is 5.82 Å². The van der Waals surface area contributed by atoms with Gasteiger partial charge in [0.05, 0.1) is 5.69 Å². The molecule has 0 spiro atoms. The largest absolute Gasteiger partial charge is 0.433 e. The van der Waals surface area contributed by atoms with E-state index in [0.717, 1.165) is 6.20 Å². The van der Waals surface area contributed by atoms with Crippen molar-refractivity contribution in [3.63, 3.8) is 0 Å². The number of halogens is 4. The van der Waals surface area contributed by atoms with Gasteiger partial charge in [0.2, 0.25) is 0 Å². The lowest BCUT2D eigenvalue weighted by Crippen LogP contribution is -2.46. The summed E-state index contributed by atoms with van der Waals surface area (Å²) in [4.78, 5) is 7.33. The van der Waals surface area contributed by atoms with Gasteiger partial charge in [0.15, 0.2) is 0 Å². The summed E-state index contributed by atoms with van der Waals surface area (Å²) in [5, 5.41) is 0. The molecule has 1 aromatic heterocycles. The maximum absolute atomic E-state index is 13.8. The van der Waals surface area contributed by atoms with E-state index in [4.69, 9.17) is 0 Å². The smallest absolute Gasteiger partial charge is 0.367 e. The molecule has 0 saturated carbocycles. The molecule has 0 amide bonds. The molecule has 3 rings (SSSR count). The van der Waals surface area contributed by atoms with Crippen molar-refractivity contribution < 1.29 is 17.6 Å². The third kappa shape index (κ3) is 3.67. The fourth-order valence-corrected chi connectivity index (χ4v) is 2.92. The number of alkyl halides is 3. The number of rotatable bonds is 3. The van der Waals surface area contributed by atoms with Crippen LogP contribution in [0.2, 0.25) is 0 Å². The van der Waals surface area contributed by atoms with Gasteiger partial charge in [0.25, 0.3) is 0 Å². The van der Waals surface area contributed by atoms with Crippen LogP contribution in [0.3, 0.4) is 0 Å². The molecule has 3 nitrogen and oxygen atoms in total. The molecule has 2 heterocycles. The van der Waals surface area contributed by atoms with Crippen molar-refractivity contribution >= 4 is 5.69 Å². The first-order chi connectivity index (χ1) is 11.4. The Kier molecular flexibility index (Phi) is 4.71. The van der Waals surface area contributed by atoms with Gasteiger partial charge in [-0.2, -0.15) is 13.2 Å². The van der Waals surface area contributed by atoms with Crippen molar-refractivity contribution in [2.24, 2.45) is 0 Å². The van der Waals surface area contributed by atoms with Crippen molar-refractivity contribution in [1.82, 2.24) is 9.88 Å². The summed E-state index contributed by atoms with van der Waals surface area (Å²) in [5.74, 6) is -0.280. The van der Waals surface area contributed by atoms with Crippen LogP contribution in [0.25, 0.3) is 0 Å². The van der Waals surface area contributed by atoms with Crippen LogP contribution in [0.4, 0.5) is 23.2 Å². The van der Waals surface area contributed by atoms with Crippen LogP contribution in [0.5, 0.6) is 0 Å². The molecule has 0 atom stereocenters. The first kappa shape index (κ1) is 16.7. The summed E-state index contributed by atoms with van der Waals surface area (Å²) >= 11 is 0. The second-order valence-electron chi connectivity index (χ2n) is 5.72. The Bertz CT molecular complexity index is 694. The average Bonchev–Trinajstić information content (AvgIpc) is 2.56. The molecule has 1 aromatic carbocycles. The van der Waals surface area contributed by atoms with E-state index in [1.54, 1.807) is 18.2 Å². The van der Waals surface area contributed by atoms with Gasteiger partial charge in [0.1, 0.15) is 11.5 Å². The van der Waals surface area contributed by atoms with Gasteiger partial charge in [-0.25, -0.2) is 4.39 Å². The first-order valence-electron chi connectivity index (χ1n) is 7.68. The first-order valence-corrected chi connectivity index (χ1v) is 7.68. The lowest BCUT2D eigenvalue weighted by Gasteiger charge is -2.36. The van der Waals surface area contributed by atoms with E-state index in [1.807, 2.05) is 9.80 Å². The third-order valence-corrected chi connectivity index (χ3v) is 4.12. The SMILES string of the molecule is Fc1ccccc1N1CCN(Cc2cccnc2C(F)(F)F)CC1. The fourth-order valence-electron chi connectivity index (χ4n) is 2.92. The van der Waals surface area contributed by atoms with Crippen LogP contribution in [0.15, 0.2) is 42.6 Å². The molecule has 1 aliphatic rings. The van der Waals surface area contributed by atoms with Crippen molar-refractivity contribution in [3.8, 4) is 0 Å². The number of hydrogen-bond donors (Lipinski definition) is 0. The van der Waals surface area contributed by atoms with E-state index in [0.29, 0.717) is 31.9 Å². The lowest BCUT2D eigenvalue weighted by atomic mass is 10.1. The van der Waals surface area contributed by atoms with Crippen LogP contribution in [-0.4, -0.2) is 36.1 Å². The van der Waals surface area contributed by atoms with Gasteiger partial charge in [-0.05, 0) is 23.8 Å². The van der Waals surface area contributed by atoms with E-state index in [1.165, 1.54) is 18.2 Å². The molecule has 24 heavy (non-hydrogen) atoms. The predicted molar refractivity (Wildman–Crippen MR) is 83.1 cm³/mol. The molecule has 0 aliphatic carbocycles. The molecule has 0 N–H and O–H groups in total. The Morgan fingerprint density at radius 3 is 2.33 bits per heavy atom. The molecule has 0 radical (unpaired) electrons. The van der Waals surface area contributed by atoms with Crippen LogP contribution >= 0.6 is 0 Å². The monoisotopic (exact) mass is 339 g/mol. The quantitative estimate of drug-likeness (QED) is 0.797. The summed E-state index contributed by atoms with van der Waals surface area (Å²) in [6.07, 6.45) is -3.30. The van der Waals surface area contributed by atoms with Gasteiger partial charge >= 0.3 is 6.18 Å². The van der Waals surface area contributed by atoms with Gasteiger partial charge in [-0.15, -0.1) is 0 Å². The minimum atomic E-state index is -4.45. The van der Waals surface area contributed by atoms with Crippen LogP contribution < -0.4 is 4.90 Å². The molecule has 128 valence electrons. The number of pyridine rings is 1. The summed E-state index contributed by atoms with van der Waals surface area (Å²) in [7, 11) is 0. The number of para-hydroxylation sites is 1. The summed E-state index contributed by atoms with van der Waals surface area (Å²) in [6.45, 7) is 2.47. The predicted octanol–water partition coefficient (Wildman–Crippen LogP) is 3.56. The van der Waals surface area contributed by atoms with E-state index < -0.39 is 11.9 Å². The van der Waals surface area contributed by atoms with E-state index in [2.05, 4.69) is 4.98 Å². The summed E-state index contributed by atoms with van der Waals surface area (Å²) in [5.41, 5.74) is -0.125. The van der Waals surface area contributed by atoms with Crippen LogP contribution in [-0.2, 0) is 12.7 Å². The molecule has 1 fully saturated rings. The highest BCUT2D eigenvalue weighted by Gasteiger charge is 2.35. The summed E-state index contributed by atoms with van der Waals surface area (Å²) < 4.78 is 52.8. The minimum Gasteiger partial charge on any atom is -0.367 e. The normalized spacial score (nSPS) is 16.4. The Morgan fingerprint density at radius 1 is 0.958 bits per heavy atom. The van der Waals surface area contributed by atoms with E-state index >= 15 is 0 Å². The molecule has 1 saturated heterocycles. The molecular formula is C17H17F4N3.